The van der Waals surface area contributed by atoms with E-state index in [1.54, 1.807) is 6.34 Å². The fourth-order valence-electron chi connectivity index (χ4n) is 5.42. The van der Waals surface area contributed by atoms with Crippen molar-refractivity contribution in [3.63, 3.8) is 0 Å². The summed E-state index contributed by atoms with van der Waals surface area (Å²) in [7, 11) is 0. The topological polar surface area (TPSA) is 96.8 Å². The van der Waals surface area contributed by atoms with Gasteiger partial charge in [0.15, 0.2) is 5.66 Å². The van der Waals surface area contributed by atoms with Gasteiger partial charge in [-0.05, 0) is 73.8 Å². The highest BCUT2D eigenvalue weighted by atomic mass is 16.5. The first-order valence-electron chi connectivity index (χ1n) is 13.1. The van der Waals surface area contributed by atoms with Crippen LogP contribution in [0, 0.1) is 5.92 Å². The van der Waals surface area contributed by atoms with Crippen LogP contribution < -0.4 is 20.5 Å². The lowest BCUT2D eigenvalue weighted by Gasteiger charge is -2.42. The minimum Gasteiger partial charge on any atom is -0.489 e. The van der Waals surface area contributed by atoms with Crippen LogP contribution in [0.15, 0.2) is 93.9 Å². The average Bonchev–Trinajstić information content (AvgIpc) is 3.28. The molecule has 0 aromatic heterocycles. The predicted octanol–water partition coefficient (Wildman–Crippen LogP) is 4.56. The normalized spacial score (nSPS) is 24.4. The number of hydrogen-bond acceptors (Lipinski definition) is 8. The van der Waals surface area contributed by atoms with Crippen LogP contribution in [0.4, 0.5) is 0 Å². The number of ether oxygens (including phenoxy) is 2. The van der Waals surface area contributed by atoms with E-state index in [1.165, 1.54) is 0 Å². The third-order valence-electron chi connectivity index (χ3n) is 7.38. The zero-order valence-corrected chi connectivity index (χ0v) is 21.5. The number of rotatable bonds is 7. The Balaban J connectivity index is 1.19. The van der Waals surface area contributed by atoms with E-state index < -0.39 is 5.66 Å². The number of hydrazone groups is 1. The lowest BCUT2D eigenvalue weighted by Crippen LogP contribution is -2.57. The van der Waals surface area contributed by atoms with Crippen molar-refractivity contribution in [3.8, 4) is 17.2 Å². The molecule has 0 amide bonds. The van der Waals surface area contributed by atoms with Crippen molar-refractivity contribution < 1.29 is 9.47 Å². The van der Waals surface area contributed by atoms with Gasteiger partial charge < -0.3 is 20.5 Å². The molecule has 8 nitrogen and oxygen atoms in total. The maximum absolute atomic E-state index is 6.43. The van der Waals surface area contributed by atoms with E-state index in [9.17, 15) is 0 Å². The molecule has 1 fully saturated rings. The first-order valence-corrected chi connectivity index (χ1v) is 13.1. The van der Waals surface area contributed by atoms with Gasteiger partial charge in [-0.25, -0.2) is 9.98 Å². The van der Waals surface area contributed by atoms with Crippen LogP contribution >= 0.6 is 0 Å². The maximum atomic E-state index is 6.43. The molecule has 6 rings (SSSR count). The Hall–Kier alpha value is -4.17. The summed E-state index contributed by atoms with van der Waals surface area (Å²) < 4.78 is 12.1. The fourth-order valence-corrected chi connectivity index (χ4v) is 5.42. The molecule has 3 aromatic rings. The third kappa shape index (κ3) is 4.75. The summed E-state index contributed by atoms with van der Waals surface area (Å²) in [4.78, 5) is 9.11. The smallest absolute Gasteiger partial charge is 0.162 e. The number of piperidine rings is 1. The quantitative estimate of drug-likeness (QED) is 0.488. The van der Waals surface area contributed by atoms with Crippen LogP contribution in [-0.4, -0.2) is 47.7 Å². The molecule has 38 heavy (non-hydrogen) atoms. The van der Waals surface area contributed by atoms with Crippen LogP contribution in [-0.2, 0) is 6.61 Å². The molecule has 1 saturated heterocycles. The lowest BCUT2D eigenvalue weighted by atomic mass is 9.85. The van der Waals surface area contributed by atoms with Crippen molar-refractivity contribution in [1.82, 2.24) is 10.3 Å². The molecule has 194 valence electrons. The van der Waals surface area contributed by atoms with Gasteiger partial charge in [-0.15, -0.1) is 0 Å². The van der Waals surface area contributed by atoms with E-state index >= 15 is 0 Å². The first-order chi connectivity index (χ1) is 18.6. The predicted molar refractivity (Wildman–Crippen MR) is 150 cm³/mol. The minimum atomic E-state index is -0.583. The molecule has 3 unspecified atom stereocenters. The summed E-state index contributed by atoms with van der Waals surface area (Å²) >= 11 is 0. The Kier molecular flexibility index (Phi) is 6.55. The molecule has 3 N–H and O–H groups in total. The number of hydrogen-bond donors (Lipinski definition) is 2. The van der Waals surface area contributed by atoms with E-state index in [1.807, 2.05) is 78.9 Å². The lowest BCUT2D eigenvalue weighted by molar-refractivity contribution is 0.0604. The van der Waals surface area contributed by atoms with Gasteiger partial charge in [-0.1, -0.05) is 36.4 Å². The fraction of sp³-hybridized carbons (Fsp3) is 0.300. The number of nitrogens with one attached hydrogen (secondary N) is 1. The number of nitrogens with two attached hydrogens (primary N) is 1. The molecule has 8 heteroatoms. The number of nitrogens with zero attached hydrogens (tertiary/aromatic N) is 4. The number of benzene rings is 3. The number of fused-ring (bicyclic) bond motifs is 1. The van der Waals surface area contributed by atoms with Crippen molar-refractivity contribution in [2.75, 3.05) is 13.1 Å². The van der Waals surface area contributed by atoms with Gasteiger partial charge in [-0.3, -0.25) is 5.01 Å². The molecule has 0 spiro atoms. The standard InChI is InChI=1S/C30H32N6O2/c1-30-27(29(31)33-20-34-30)28(35-36(30)23-9-6-16-32-18-23)22-12-14-24(15-13-22)38-26-11-5-10-25(17-26)37-19-21-7-3-2-4-8-21/h2-5,7-8,10-15,17,20,23,27,32H,6,9,16,18-19H2,1H3,(H2,31,33,34). The van der Waals surface area contributed by atoms with Crippen LogP contribution in [0.25, 0.3) is 0 Å². The molecular formula is C30H32N6O2. The molecule has 3 atom stereocenters. The first kappa shape index (κ1) is 24.2. The van der Waals surface area contributed by atoms with Gasteiger partial charge in [0.2, 0.25) is 0 Å². The van der Waals surface area contributed by atoms with Gasteiger partial charge >= 0.3 is 0 Å². The zero-order chi connectivity index (χ0) is 26.0. The Morgan fingerprint density at radius 2 is 1.82 bits per heavy atom. The van der Waals surface area contributed by atoms with Crippen molar-refractivity contribution in [1.29, 1.82) is 0 Å². The Morgan fingerprint density at radius 3 is 2.61 bits per heavy atom. The van der Waals surface area contributed by atoms with E-state index in [0.717, 1.165) is 54.3 Å². The van der Waals surface area contributed by atoms with Gasteiger partial charge in [-0.2, -0.15) is 5.10 Å². The van der Waals surface area contributed by atoms with E-state index in [0.29, 0.717) is 18.2 Å². The molecule has 0 saturated carbocycles. The Labute approximate surface area is 222 Å². The van der Waals surface area contributed by atoms with Gasteiger partial charge in [0.05, 0.1) is 11.8 Å². The molecule has 3 heterocycles. The summed E-state index contributed by atoms with van der Waals surface area (Å²) in [5, 5.41) is 10.7. The van der Waals surface area contributed by atoms with Crippen LogP contribution in [0.2, 0.25) is 0 Å². The van der Waals surface area contributed by atoms with Crippen molar-refractivity contribution in [2.24, 2.45) is 26.7 Å². The third-order valence-corrected chi connectivity index (χ3v) is 7.38. The SMILES string of the molecule is CC12N=CN=C(N)C1C(c1ccc(Oc3cccc(OCc4ccccc4)c3)cc1)=NN2C1CCCNC1. The monoisotopic (exact) mass is 508 g/mol. The van der Waals surface area contributed by atoms with Crippen LogP contribution in [0.5, 0.6) is 17.2 Å². The van der Waals surface area contributed by atoms with Gasteiger partial charge in [0.1, 0.15) is 41.9 Å². The Bertz CT molecular complexity index is 1370. The number of amidine groups is 1. The second kappa shape index (κ2) is 10.3. The van der Waals surface area contributed by atoms with Crippen LogP contribution in [0.1, 0.15) is 30.9 Å². The summed E-state index contributed by atoms with van der Waals surface area (Å²) in [6.45, 7) is 4.53. The van der Waals surface area contributed by atoms with Crippen molar-refractivity contribution >= 4 is 17.9 Å². The number of aliphatic imine (C=N–C) groups is 2. The Morgan fingerprint density at radius 1 is 1.00 bits per heavy atom. The van der Waals surface area contributed by atoms with E-state index in [-0.39, 0.29) is 12.0 Å². The molecule has 0 radical (unpaired) electrons. The van der Waals surface area contributed by atoms with Gasteiger partial charge in [0, 0.05) is 12.6 Å². The molecule has 3 aliphatic rings. The molecule has 0 aliphatic carbocycles. The molecule has 3 aromatic carbocycles. The van der Waals surface area contributed by atoms with Crippen molar-refractivity contribution in [3.05, 3.63) is 90.0 Å². The molecule has 0 bridgehead atoms. The molecular weight excluding hydrogens is 476 g/mol. The van der Waals surface area contributed by atoms with E-state index in [2.05, 4.69) is 22.2 Å². The zero-order valence-electron chi connectivity index (χ0n) is 21.5. The summed E-state index contributed by atoms with van der Waals surface area (Å²) in [6.07, 6.45) is 3.76. The maximum Gasteiger partial charge on any atom is 0.162 e. The highest BCUT2D eigenvalue weighted by Crippen LogP contribution is 2.40. The van der Waals surface area contributed by atoms with E-state index in [4.69, 9.17) is 25.3 Å². The average molecular weight is 509 g/mol. The highest BCUT2D eigenvalue weighted by molar-refractivity contribution is 6.17. The van der Waals surface area contributed by atoms with Gasteiger partial charge in [0.25, 0.3) is 0 Å². The molecule has 3 aliphatic heterocycles. The van der Waals surface area contributed by atoms with Crippen LogP contribution in [0.3, 0.4) is 0 Å². The summed E-state index contributed by atoms with van der Waals surface area (Å²) in [5.74, 6) is 2.53. The largest absolute Gasteiger partial charge is 0.489 e. The van der Waals surface area contributed by atoms with Crippen molar-refractivity contribution in [2.45, 2.75) is 38.1 Å². The minimum absolute atomic E-state index is 0.209. The summed E-state index contributed by atoms with van der Waals surface area (Å²) in [6, 6.07) is 26.0. The second-order valence-electron chi connectivity index (χ2n) is 10.0. The summed E-state index contributed by atoms with van der Waals surface area (Å²) in [5.41, 5.74) is 8.84. The highest BCUT2D eigenvalue weighted by Gasteiger charge is 2.53. The second-order valence-corrected chi connectivity index (χ2v) is 10.0.